The zero-order valence-corrected chi connectivity index (χ0v) is 4.72. The van der Waals surface area contributed by atoms with Gasteiger partial charge in [0.1, 0.15) is 0 Å². The predicted molar refractivity (Wildman–Crippen MR) is 23.5 cm³/mol. The first-order chi connectivity index (χ1) is 1.73. The van der Waals surface area contributed by atoms with E-state index in [2.05, 4.69) is 0 Å². The first kappa shape index (κ1) is 31.6. The fourth-order valence-corrected chi connectivity index (χ4v) is 0. The fraction of sp³-hybridized carbons (Fsp3) is 0. The maximum absolute atomic E-state index is 8.52. The molecule has 0 heterocycles. The third-order valence-corrected chi connectivity index (χ3v) is 0. The van der Waals surface area contributed by atoms with Gasteiger partial charge in [0, 0.05) is 9.17 Å². The smallest absolute Gasteiger partial charge is 0.672 e. The molecule has 0 saturated carbocycles. The molecule has 32 valence electrons. The first-order valence-electron chi connectivity index (χ1n) is 0.612. The van der Waals surface area contributed by atoms with E-state index >= 15 is 0 Å². The van der Waals surface area contributed by atoms with Gasteiger partial charge >= 0.3 is 83.8 Å². The molecule has 0 radical (unpaired) electrons. The van der Waals surface area contributed by atoms with E-state index in [4.69, 9.17) is 14.1 Å². The van der Waals surface area contributed by atoms with Crippen molar-refractivity contribution in [3.05, 3.63) is 0 Å². The van der Waals surface area contributed by atoms with Gasteiger partial charge in [-0.3, -0.25) is 0 Å². The first-order valence-corrected chi connectivity index (χ1v) is 1.84. The van der Waals surface area contributed by atoms with Crippen LogP contribution >= 0.6 is 0 Å². The molecule has 0 atom stereocenters. The van der Waals surface area contributed by atoms with E-state index in [0.717, 1.165) is 0 Å². The Labute approximate surface area is 106 Å². The van der Waals surface area contributed by atoms with Crippen LogP contribution in [-0.4, -0.2) is 55.3 Å². The van der Waals surface area contributed by atoms with Gasteiger partial charge in [-0.2, -0.15) is 0 Å². The molecular formula is H4Li2Mg2O3Si. The van der Waals surface area contributed by atoms with Crippen LogP contribution in [0.5, 0.6) is 0 Å². The molecule has 0 aliphatic carbocycles. The summed E-state index contributed by atoms with van der Waals surface area (Å²) >= 11 is 0. The second-order valence-electron chi connectivity index (χ2n) is 0.250. The van der Waals surface area contributed by atoms with Gasteiger partial charge in [0.25, 0.3) is 0 Å². The van der Waals surface area contributed by atoms with Crippen LogP contribution in [0.15, 0.2) is 0 Å². The normalized spacial score (nSPS) is 3.00. The van der Waals surface area contributed by atoms with Crippen molar-refractivity contribution in [1.82, 2.24) is 0 Å². The second-order valence-corrected chi connectivity index (χ2v) is 0.750. The van der Waals surface area contributed by atoms with Gasteiger partial charge in [0.05, 0.1) is 0 Å². The molecule has 0 spiro atoms. The van der Waals surface area contributed by atoms with Crippen molar-refractivity contribution in [3.63, 3.8) is 0 Å². The molecule has 0 aliphatic heterocycles. The van der Waals surface area contributed by atoms with Gasteiger partial charge in [-0.25, -0.2) is 0 Å². The van der Waals surface area contributed by atoms with Gasteiger partial charge < -0.3 is 14.1 Å². The third-order valence-electron chi connectivity index (χ3n) is 0. The molecule has 0 bridgehead atoms. The van der Waals surface area contributed by atoms with Crippen LogP contribution in [-0.2, 0) is 4.46 Å². The van der Waals surface area contributed by atoms with Crippen molar-refractivity contribution in [1.29, 1.82) is 0 Å². The summed E-state index contributed by atoms with van der Waals surface area (Å²) in [5.74, 6) is 0. The van der Waals surface area contributed by atoms with Gasteiger partial charge in [0.2, 0.25) is 0 Å². The molecule has 0 saturated heterocycles. The van der Waals surface area contributed by atoms with Gasteiger partial charge in [-0.05, 0) is 0 Å². The zero-order chi connectivity index (χ0) is 3.58. The van der Waals surface area contributed by atoms with E-state index in [9.17, 15) is 0 Å². The van der Waals surface area contributed by atoms with E-state index in [1.807, 2.05) is 0 Å². The molecule has 0 aromatic heterocycles. The Hall–Kier alpha value is 2.34. The minimum absolute atomic E-state index is 0. The van der Waals surface area contributed by atoms with E-state index in [0.29, 0.717) is 0 Å². The van der Waals surface area contributed by atoms with Gasteiger partial charge in [-0.1, -0.05) is 0 Å². The van der Waals surface area contributed by atoms with Crippen molar-refractivity contribution < 1.29 is 51.8 Å². The largest absolute Gasteiger partial charge is 1.00 e. The Bertz CT molecular complexity index is 38.3. The standard InChI is InChI=1S/2Li.2Mg.O3Si.4H/c;;;;1-4(2)3;;;;/q2*+1;;;-2;;;;. The Balaban J connectivity index is -0.00000000750. The summed E-state index contributed by atoms with van der Waals surface area (Å²) in [5, 5.41) is 0. The van der Waals surface area contributed by atoms with Crippen LogP contribution < -0.4 is 47.3 Å². The van der Waals surface area contributed by atoms with Crippen molar-refractivity contribution in [2.45, 2.75) is 0 Å². The molecule has 0 fully saturated rings. The zero-order valence-electron chi connectivity index (χ0n) is 3.72. The number of rotatable bonds is 0. The van der Waals surface area contributed by atoms with Crippen LogP contribution in [0.4, 0.5) is 0 Å². The van der Waals surface area contributed by atoms with E-state index in [1.165, 1.54) is 0 Å². The van der Waals surface area contributed by atoms with Crippen molar-refractivity contribution in [3.8, 4) is 0 Å². The molecule has 0 N–H and O–H groups in total. The van der Waals surface area contributed by atoms with E-state index in [1.54, 1.807) is 0 Å². The molecule has 0 rings (SSSR count). The minimum atomic E-state index is -3.63. The molecule has 0 unspecified atom stereocenters. The predicted octanol–water partition coefficient (Wildman–Crippen LogP) is -10.7. The third kappa shape index (κ3) is 81.9. The number of hydrogen-bond acceptors (Lipinski definition) is 3. The van der Waals surface area contributed by atoms with Gasteiger partial charge in [-0.15, -0.1) is 0 Å². The maximum atomic E-state index is 8.52. The van der Waals surface area contributed by atoms with Crippen LogP contribution in [0.2, 0.25) is 0 Å². The SMILES string of the molecule is O=[Si]([O-])[O-].[Li+].[Li+].[MgH2].[MgH2]. The molecule has 8 heteroatoms. The molecule has 0 aromatic rings. The average Bonchev–Trinajstić information content (AvgIpc) is 0.811. The van der Waals surface area contributed by atoms with Crippen molar-refractivity contribution in [2.75, 3.05) is 0 Å². The number of hydrogen-bond donors (Lipinski definition) is 0. The van der Waals surface area contributed by atoms with Crippen LogP contribution in [0.1, 0.15) is 0 Å². The topological polar surface area (TPSA) is 63.2 Å². The maximum Gasteiger partial charge on any atom is 1.00 e. The Morgan fingerprint density at radius 2 is 1.00 bits per heavy atom. The molecular weight excluding hydrogens is 139 g/mol. The second kappa shape index (κ2) is 22.8. The summed E-state index contributed by atoms with van der Waals surface area (Å²) in [6, 6.07) is 0. The van der Waals surface area contributed by atoms with Crippen molar-refractivity contribution >= 4 is 55.3 Å². The summed E-state index contributed by atoms with van der Waals surface area (Å²) in [6.07, 6.45) is 0. The molecule has 0 amide bonds. The summed E-state index contributed by atoms with van der Waals surface area (Å²) < 4.78 is 8.52. The summed E-state index contributed by atoms with van der Waals surface area (Å²) in [7, 11) is -3.63. The Morgan fingerprint density at radius 1 is 1.00 bits per heavy atom. The Kier molecular flexibility index (Phi) is 90.0. The quantitative estimate of drug-likeness (QED) is 0.316. The fourth-order valence-electron chi connectivity index (χ4n) is 0. The summed E-state index contributed by atoms with van der Waals surface area (Å²) in [4.78, 5) is 17.0. The van der Waals surface area contributed by atoms with E-state index in [-0.39, 0.29) is 83.8 Å². The van der Waals surface area contributed by atoms with Gasteiger partial charge in [0.15, 0.2) is 0 Å². The summed E-state index contributed by atoms with van der Waals surface area (Å²) in [6.45, 7) is 0. The monoisotopic (exact) mass is 142 g/mol. The molecule has 3 nitrogen and oxygen atoms in total. The van der Waals surface area contributed by atoms with Crippen LogP contribution in [0.3, 0.4) is 0 Å². The molecule has 0 aromatic carbocycles. The summed E-state index contributed by atoms with van der Waals surface area (Å²) in [5.41, 5.74) is 0. The Morgan fingerprint density at radius 3 is 1.00 bits per heavy atom. The van der Waals surface area contributed by atoms with Crippen molar-refractivity contribution in [2.24, 2.45) is 0 Å². The molecule has 8 heavy (non-hydrogen) atoms. The van der Waals surface area contributed by atoms with Crippen LogP contribution in [0, 0.1) is 0 Å². The minimum Gasteiger partial charge on any atom is -0.672 e. The molecule has 0 aliphatic rings. The van der Waals surface area contributed by atoms with Crippen LogP contribution in [0.25, 0.3) is 0 Å². The average molecular weight is 143 g/mol. The van der Waals surface area contributed by atoms with E-state index < -0.39 is 9.17 Å².